The lowest BCUT2D eigenvalue weighted by Crippen LogP contribution is -2.56. The molecular weight excluding hydrogens is 274 g/mol. The van der Waals surface area contributed by atoms with Crippen LogP contribution in [0.1, 0.15) is 48.0 Å². The predicted molar refractivity (Wildman–Crippen MR) is 80.9 cm³/mol. The lowest BCUT2D eigenvalue weighted by atomic mass is 9.44. The molecule has 4 saturated carbocycles. The Balaban J connectivity index is 1.59. The summed E-state index contributed by atoms with van der Waals surface area (Å²) in [4.78, 5) is 14.7. The molecule has 4 bridgehead atoms. The van der Waals surface area contributed by atoms with Gasteiger partial charge in [0, 0.05) is 23.6 Å². The van der Waals surface area contributed by atoms with Crippen LogP contribution in [0.25, 0.3) is 0 Å². The highest BCUT2D eigenvalue weighted by molar-refractivity contribution is 6.00. The molecule has 3 heteroatoms. The molecule has 6 aliphatic rings. The van der Waals surface area contributed by atoms with E-state index in [0.717, 1.165) is 29.5 Å². The number of carbonyl (C=O) groups excluding carboxylic acids is 1. The maximum absolute atomic E-state index is 12.9. The minimum absolute atomic E-state index is 0.0567. The van der Waals surface area contributed by atoms with Crippen LogP contribution in [0.5, 0.6) is 0 Å². The average Bonchev–Trinajstić information content (AvgIpc) is 2.86. The first-order chi connectivity index (χ1) is 10.6. The van der Waals surface area contributed by atoms with E-state index in [0.29, 0.717) is 5.92 Å². The summed E-state index contributed by atoms with van der Waals surface area (Å²) < 4.78 is 0. The second-order valence-electron chi connectivity index (χ2n) is 8.61. The van der Waals surface area contributed by atoms with E-state index in [1.807, 2.05) is 29.2 Å². The van der Waals surface area contributed by atoms with E-state index >= 15 is 0 Å². The Morgan fingerprint density at radius 3 is 2.59 bits per heavy atom. The van der Waals surface area contributed by atoms with E-state index in [2.05, 4.69) is 0 Å². The van der Waals surface area contributed by atoms with Gasteiger partial charge in [-0.15, -0.1) is 0 Å². The molecule has 0 aromatic heterocycles. The topological polar surface area (TPSA) is 40.5 Å². The van der Waals surface area contributed by atoms with Crippen molar-refractivity contribution < 1.29 is 9.90 Å². The Labute approximate surface area is 130 Å². The van der Waals surface area contributed by atoms with Crippen molar-refractivity contribution in [3.05, 3.63) is 35.4 Å². The Kier molecular flexibility index (Phi) is 1.89. The summed E-state index contributed by atoms with van der Waals surface area (Å²) in [5.74, 6) is 2.63. The molecule has 7 rings (SSSR count). The predicted octanol–water partition coefficient (Wildman–Crippen LogP) is 2.74. The summed E-state index contributed by atoms with van der Waals surface area (Å²) >= 11 is 0. The lowest BCUT2D eigenvalue weighted by molar-refractivity contribution is -0.172. The molecule has 2 unspecified atom stereocenters. The SMILES string of the molecule is O=C1c2ccccc2[C@]2(O)[C@H]3C4C[C@@H]5C[C@H](C4)CC3(C5)CN12. The molecule has 1 spiro atoms. The summed E-state index contributed by atoms with van der Waals surface area (Å²) in [5, 5.41) is 11.8. The van der Waals surface area contributed by atoms with Crippen LogP contribution in [0.4, 0.5) is 0 Å². The van der Waals surface area contributed by atoms with Crippen molar-refractivity contribution in [2.45, 2.75) is 37.8 Å². The zero-order valence-corrected chi connectivity index (χ0v) is 12.7. The molecule has 1 aromatic carbocycles. The summed E-state index contributed by atoms with van der Waals surface area (Å²) in [6, 6.07) is 7.75. The van der Waals surface area contributed by atoms with E-state index in [1.165, 1.54) is 32.1 Å². The third-order valence-electron chi connectivity index (χ3n) is 7.58. The van der Waals surface area contributed by atoms with Crippen molar-refractivity contribution in [2.24, 2.45) is 29.1 Å². The fourth-order valence-electron chi connectivity index (χ4n) is 7.47. The first kappa shape index (κ1) is 12.1. The lowest BCUT2D eigenvalue weighted by Gasteiger charge is -2.60. The van der Waals surface area contributed by atoms with E-state index in [1.54, 1.807) is 0 Å². The van der Waals surface area contributed by atoms with Gasteiger partial charge < -0.3 is 10.0 Å². The van der Waals surface area contributed by atoms with Gasteiger partial charge in [-0.1, -0.05) is 18.2 Å². The van der Waals surface area contributed by atoms with Crippen LogP contribution in [0, 0.1) is 29.1 Å². The van der Waals surface area contributed by atoms with Crippen molar-refractivity contribution in [3.8, 4) is 0 Å². The summed E-state index contributed by atoms with van der Waals surface area (Å²) in [6.07, 6.45) is 6.41. The Hall–Kier alpha value is -1.35. The molecule has 1 saturated heterocycles. The molecule has 0 radical (unpaired) electrons. The number of benzene rings is 1. The van der Waals surface area contributed by atoms with Crippen molar-refractivity contribution in [1.82, 2.24) is 4.90 Å². The summed E-state index contributed by atoms with van der Waals surface area (Å²) in [5.41, 5.74) is 0.793. The van der Waals surface area contributed by atoms with Crippen LogP contribution in [0.3, 0.4) is 0 Å². The van der Waals surface area contributed by atoms with Crippen LogP contribution < -0.4 is 0 Å². The highest BCUT2D eigenvalue weighted by Gasteiger charge is 2.72. The van der Waals surface area contributed by atoms with E-state index in [-0.39, 0.29) is 17.2 Å². The largest absolute Gasteiger partial charge is 0.366 e. The zero-order valence-electron chi connectivity index (χ0n) is 12.7. The molecule has 5 fully saturated rings. The van der Waals surface area contributed by atoms with Crippen molar-refractivity contribution in [1.29, 1.82) is 0 Å². The molecule has 114 valence electrons. The summed E-state index contributed by atoms with van der Waals surface area (Å²) in [7, 11) is 0. The number of fused-ring (bicyclic) bond motifs is 3. The third-order valence-corrected chi connectivity index (χ3v) is 7.58. The molecule has 1 N–H and O–H groups in total. The number of carbonyl (C=O) groups is 1. The van der Waals surface area contributed by atoms with Crippen molar-refractivity contribution >= 4 is 5.91 Å². The zero-order chi connectivity index (χ0) is 14.7. The third kappa shape index (κ3) is 1.10. The second kappa shape index (κ2) is 3.43. The maximum Gasteiger partial charge on any atom is 0.256 e. The number of hydrogen-bond acceptors (Lipinski definition) is 2. The highest BCUT2D eigenvalue weighted by Crippen LogP contribution is 2.71. The number of amides is 1. The van der Waals surface area contributed by atoms with Crippen molar-refractivity contribution in [3.63, 3.8) is 0 Å². The van der Waals surface area contributed by atoms with Crippen LogP contribution in [-0.2, 0) is 5.72 Å². The van der Waals surface area contributed by atoms with E-state index in [9.17, 15) is 9.90 Å². The van der Waals surface area contributed by atoms with Crippen LogP contribution in [0.2, 0.25) is 0 Å². The first-order valence-electron chi connectivity index (χ1n) is 8.76. The Bertz CT molecular complexity index is 699. The quantitative estimate of drug-likeness (QED) is 0.799. The standard InChI is InChI=1S/C19H21NO2/c21-17-14-3-1-2-4-15(14)19(22)16-13-6-11-5-12(7-13)9-18(16,8-11)10-20(17)19/h1-4,11-13,16,22H,5-10H2/t11-,12+,13?,16-,18?,19-/m0/s1. The van der Waals surface area contributed by atoms with Gasteiger partial charge in [0.1, 0.15) is 0 Å². The highest BCUT2D eigenvalue weighted by atomic mass is 16.3. The molecule has 2 heterocycles. The molecule has 1 aromatic rings. The van der Waals surface area contributed by atoms with Crippen molar-refractivity contribution in [2.75, 3.05) is 6.54 Å². The molecular formula is C19H21NO2. The molecule has 22 heavy (non-hydrogen) atoms. The molecule has 4 aliphatic carbocycles. The van der Waals surface area contributed by atoms with Gasteiger partial charge in [-0.25, -0.2) is 0 Å². The molecule has 3 nitrogen and oxygen atoms in total. The Morgan fingerprint density at radius 2 is 1.82 bits per heavy atom. The minimum atomic E-state index is -1.02. The van der Waals surface area contributed by atoms with Gasteiger partial charge in [-0.3, -0.25) is 4.79 Å². The molecule has 2 aliphatic heterocycles. The van der Waals surface area contributed by atoms with Crippen LogP contribution >= 0.6 is 0 Å². The van der Waals surface area contributed by atoms with Gasteiger partial charge in [0.05, 0.1) is 0 Å². The maximum atomic E-state index is 12.9. The minimum Gasteiger partial charge on any atom is -0.366 e. The summed E-state index contributed by atoms with van der Waals surface area (Å²) in [6.45, 7) is 0.783. The van der Waals surface area contributed by atoms with Gasteiger partial charge in [-0.05, 0) is 61.3 Å². The van der Waals surface area contributed by atoms with E-state index < -0.39 is 5.72 Å². The van der Waals surface area contributed by atoms with Gasteiger partial charge in [0.2, 0.25) is 0 Å². The average molecular weight is 295 g/mol. The van der Waals surface area contributed by atoms with Gasteiger partial charge in [0.25, 0.3) is 5.91 Å². The molecule has 6 atom stereocenters. The fourth-order valence-corrected chi connectivity index (χ4v) is 7.47. The van der Waals surface area contributed by atoms with Gasteiger partial charge in [-0.2, -0.15) is 0 Å². The molecule has 1 amide bonds. The number of aliphatic hydroxyl groups is 1. The second-order valence-corrected chi connectivity index (χ2v) is 8.61. The van der Waals surface area contributed by atoms with Gasteiger partial charge >= 0.3 is 0 Å². The monoisotopic (exact) mass is 295 g/mol. The van der Waals surface area contributed by atoms with Crippen LogP contribution in [0.15, 0.2) is 24.3 Å². The smallest absolute Gasteiger partial charge is 0.256 e. The van der Waals surface area contributed by atoms with Gasteiger partial charge in [0.15, 0.2) is 5.72 Å². The fraction of sp³-hybridized carbons (Fsp3) is 0.632. The number of rotatable bonds is 0. The van der Waals surface area contributed by atoms with E-state index in [4.69, 9.17) is 0 Å². The number of hydrogen-bond donors (Lipinski definition) is 1. The Morgan fingerprint density at radius 1 is 1.09 bits per heavy atom. The number of nitrogens with zero attached hydrogens (tertiary/aromatic N) is 1. The normalized spacial score (nSPS) is 50.2. The van der Waals surface area contributed by atoms with Crippen LogP contribution in [-0.4, -0.2) is 22.5 Å². The first-order valence-corrected chi connectivity index (χ1v) is 8.76.